The van der Waals surface area contributed by atoms with Gasteiger partial charge in [-0.15, -0.1) is 11.3 Å². The number of rotatable bonds is 3. The average molecular weight is 820 g/mol. The van der Waals surface area contributed by atoms with Gasteiger partial charge in [0.25, 0.3) is 0 Å². The minimum absolute atomic E-state index is 0.821. The molecule has 13 rings (SSSR count). The normalized spacial score (nSPS) is 11.9. The zero-order valence-electron chi connectivity index (χ0n) is 34.1. The van der Waals surface area contributed by atoms with E-state index in [1.165, 1.54) is 68.6 Å². The summed E-state index contributed by atoms with van der Waals surface area (Å²) in [6, 6.07) is 81.9. The van der Waals surface area contributed by atoms with Gasteiger partial charge in [0, 0.05) is 42.7 Å². The molecule has 12 aromatic rings. The van der Waals surface area contributed by atoms with E-state index in [4.69, 9.17) is 4.74 Å². The third-order valence-corrected chi connectivity index (χ3v) is 14.0. The van der Waals surface area contributed by atoms with Gasteiger partial charge in [-0.2, -0.15) is 0 Å². The molecule has 3 heteroatoms. The summed E-state index contributed by atoms with van der Waals surface area (Å²) in [5.74, 6) is 1.66. The van der Waals surface area contributed by atoms with Crippen molar-refractivity contribution >= 4 is 102 Å². The standard InChI is InChI=1S/C60H37NOS/c1-2-17-38(18-3-1)61(56-30-16-29-51-45-24-9-8-23-44(45)49-27-12-14-31-57(49)62-60(51)56)39-33-34-48-52(35-39)46-25-10-6-21-42(46)40-19-4-5-20-41(40)43-22-7-11-26-47(43)54-37-59-55(36-53(48)54)50-28-13-15-32-58(50)63-59/h1-37H. The predicted octanol–water partition coefficient (Wildman–Crippen LogP) is 17.9. The molecule has 294 valence electrons. The van der Waals surface area contributed by atoms with E-state index in [9.17, 15) is 0 Å². The lowest BCUT2D eigenvalue weighted by molar-refractivity contribution is 0.489. The molecule has 0 N–H and O–H groups in total. The van der Waals surface area contributed by atoms with Crippen molar-refractivity contribution in [2.75, 3.05) is 4.90 Å². The van der Waals surface area contributed by atoms with Crippen molar-refractivity contribution in [3.05, 3.63) is 224 Å². The number of benzene rings is 10. The molecule has 1 aliphatic rings. The lowest BCUT2D eigenvalue weighted by atomic mass is 9.93. The van der Waals surface area contributed by atoms with Gasteiger partial charge in [0.2, 0.25) is 0 Å². The summed E-state index contributed by atoms with van der Waals surface area (Å²) in [6.07, 6.45) is 0. The Morgan fingerprint density at radius 1 is 0.286 bits per heavy atom. The van der Waals surface area contributed by atoms with E-state index >= 15 is 0 Å². The molecule has 2 nitrogen and oxygen atoms in total. The molecule has 0 radical (unpaired) electrons. The molecule has 0 bridgehead atoms. The van der Waals surface area contributed by atoms with Crippen LogP contribution in [0.4, 0.5) is 17.1 Å². The zero-order valence-corrected chi connectivity index (χ0v) is 34.9. The third-order valence-electron chi connectivity index (χ3n) is 12.9. The van der Waals surface area contributed by atoms with Gasteiger partial charge in [-0.25, -0.2) is 0 Å². The number of ether oxygens (including phenoxy) is 1. The van der Waals surface area contributed by atoms with Gasteiger partial charge in [-0.05, 0) is 120 Å². The largest absolute Gasteiger partial charge is 0.454 e. The molecule has 1 aliphatic heterocycles. The Balaban J connectivity index is 1.20. The van der Waals surface area contributed by atoms with Crippen LogP contribution in [0.1, 0.15) is 0 Å². The van der Waals surface area contributed by atoms with Crippen LogP contribution >= 0.6 is 11.3 Å². The molecule has 0 saturated heterocycles. The molecular formula is C60H37NOS. The van der Waals surface area contributed by atoms with Gasteiger partial charge in [0.05, 0.1) is 5.69 Å². The first-order valence-corrected chi connectivity index (χ1v) is 22.3. The Morgan fingerprint density at radius 2 is 0.778 bits per heavy atom. The summed E-state index contributed by atoms with van der Waals surface area (Å²) < 4.78 is 9.71. The number of hydrogen-bond acceptors (Lipinski definition) is 3. The van der Waals surface area contributed by atoms with Gasteiger partial charge in [0.1, 0.15) is 5.75 Å². The van der Waals surface area contributed by atoms with Crippen LogP contribution in [0, 0.1) is 0 Å². The predicted molar refractivity (Wildman–Crippen MR) is 270 cm³/mol. The minimum Gasteiger partial charge on any atom is -0.454 e. The molecule has 0 aliphatic carbocycles. The smallest absolute Gasteiger partial charge is 0.159 e. The molecule has 0 saturated carbocycles. The summed E-state index contributed by atoms with van der Waals surface area (Å²) >= 11 is 1.87. The SMILES string of the molecule is c1ccc(N(c2ccc3c(c2)c2ccccc2c2ccccc2c2ccccc2c2cc4sc5ccccc5c4cc32)c2cccc3c2Oc2ccccc2-c2ccccc2-3)cc1. The molecule has 2 heterocycles. The number of anilines is 3. The zero-order chi connectivity index (χ0) is 41.4. The molecule has 0 unspecified atom stereocenters. The van der Waals surface area contributed by atoms with Gasteiger partial charge >= 0.3 is 0 Å². The van der Waals surface area contributed by atoms with E-state index in [1.807, 2.05) is 11.3 Å². The maximum Gasteiger partial charge on any atom is 0.159 e. The van der Waals surface area contributed by atoms with Crippen LogP contribution in [-0.4, -0.2) is 0 Å². The van der Waals surface area contributed by atoms with Crippen LogP contribution in [0.3, 0.4) is 0 Å². The Morgan fingerprint density at radius 3 is 1.46 bits per heavy atom. The number of nitrogens with zero attached hydrogens (tertiary/aromatic N) is 1. The summed E-state index contributed by atoms with van der Waals surface area (Å²) in [7, 11) is 0. The molecule has 0 atom stereocenters. The summed E-state index contributed by atoms with van der Waals surface area (Å²) in [6.45, 7) is 0. The summed E-state index contributed by atoms with van der Waals surface area (Å²) in [5.41, 5.74) is 7.48. The van der Waals surface area contributed by atoms with E-state index in [1.54, 1.807) is 0 Å². The van der Waals surface area contributed by atoms with Gasteiger partial charge in [-0.3, -0.25) is 0 Å². The van der Waals surface area contributed by atoms with Crippen LogP contribution in [0.25, 0.3) is 96.3 Å². The number of hydrogen-bond donors (Lipinski definition) is 0. The Hall–Kier alpha value is -7.98. The quantitative estimate of drug-likeness (QED) is 0.176. The van der Waals surface area contributed by atoms with Crippen molar-refractivity contribution in [1.29, 1.82) is 0 Å². The third kappa shape index (κ3) is 5.64. The van der Waals surface area contributed by atoms with E-state index in [2.05, 4.69) is 229 Å². The second-order valence-electron chi connectivity index (χ2n) is 16.3. The highest BCUT2D eigenvalue weighted by molar-refractivity contribution is 7.25. The van der Waals surface area contributed by atoms with Crippen LogP contribution < -0.4 is 9.64 Å². The number of fused-ring (bicyclic) bond motifs is 18. The Kier molecular flexibility index (Phi) is 8.12. The van der Waals surface area contributed by atoms with Crippen molar-refractivity contribution in [2.24, 2.45) is 0 Å². The second kappa shape index (κ2) is 14.3. The first kappa shape index (κ1) is 35.7. The molecule has 11 aromatic carbocycles. The van der Waals surface area contributed by atoms with Crippen molar-refractivity contribution in [3.8, 4) is 33.8 Å². The highest BCUT2D eigenvalue weighted by Crippen LogP contribution is 2.53. The fourth-order valence-corrected chi connectivity index (χ4v) is 11.2. The van der Waals surface area contributed by atoms with Crippen molar-refractivity contribution < 1.29 is 4.74 Å². The molecular weight excluding hydrogens is 783 g/mol. The van der Waals surface area contributed by atoms with E-state index in [0.29, 0.717) is 0 Å². The number of thiophene rings is 1. The monoisotopic (exact) mass is 819 g/mol. The van der Waals surface area contributed by atoms with Crippen molar-refractivity contribution in [2.45, 2.75) is 0 Å². The van der Waals surface area contributed by atoms with Gasteiger partial charge < -0.3 is 9.64 Å². The lowest BCUT2D eigenvalue weighted by Gasteiger charge is -2.28. The van der Waals surface area contributed by atoms with E-state index < -0.39 is 0 Å². The van der Waals surface area contributed by atoms with Gasteiger partial charge in [-0.1, -0.05) is 170 Å². The molecule has 0 fully saturated rings. The fraction of sp³-hybridized carbons (Fsp3) is 0. The van der Waals surface area contributed by atoms with E-state index in [0.717, 1.165) is 56.2 Å². The summed E-state index contributed by atoms with van der Waals surface area (Å²) in [5, 5.41) is 14.6. The lowest BCUT2D eigenvalue weighted by Crippen LogP contribution is -2.11. The fourth-order valence-electron chi connectivity index (χ4n) is 10.1. The molecule has 0 spiro atoms. The molecule has 63 heavy (non-hydrogen) atoms. The van der Waals surface area contributed by atoms with Crippen LogP contribution in [0.15, 0.2) is 224 Å². The van der Waals surface area contributed by atoms with Crippen molar-refractivity contribution in [3.63, 3.8) is 0 Å². The maximum absolute atomic E-state index is 7.12. The van der Waals surface area contributed by atoms with Crippen LogP contribution in [0.2, 0.25) is 0 Å². The maximum atomic E-state index is 7.12. The first-order valence-electron chi connectivity index (χ1n) is 21.5. The summed E-state index contributed by atoms with van der Waals surface area (Å²) in [4.78, 5) is 2.37. The highest BCUT2D eigenvalue weighted by atomic mass is 32.1. The topological polar surface area (TPSA) is 12.5 Å². The van der Waals surface area contributed by atoms with Crippen LogP contribution in [0.5, 0.6) is 11.5 Å². The molecule has 1 aromatic heterocycles. The Labute approximate surface area is 368 Å². The first-order chi connectivity index (χ1) is 31.3. The Bertz CT molecular complexity index is 3900. The van der Waals surface area contributed by atoms with E-state index in [-0.39, 0.29) is 0 Å². The van der Waals surface area contributed by atoms with Gasteiger partial charge in [0.15, 0.2) is 5.75 Å². The van der Waals surface area contributed by atoms with Crippen molar-refractivity contribution in [1.82, 2.24) is 0 Å². The average Bonchev–Trinajstić information content (AvgIpc) is 3.64. The second-order valence-corrected chi connectivity index (χ2v) is 17.4. The highest BCUT2D eigenvalue weighted by Gasteiger charge is 2.26. The molecule has 0 amide bonds. The van der Waals surface area contributed by atoms with Crippen LogP contribution in [-0.2, 0) is 0 Å². The number of para-hydroxylation sites is 3. The minimum atomic E-state index is 0.821.